The molecule has 0 amide bonds. The summed E-state index contributed by atoms with van der Waals surface area (Å²) in [5.74, 6) is 3.02. The van der Waals surface area contributed by atoms with Crippen molar-refractivity contribution in [2.75, 3.05) is 6.54 Å². The van der Waals surface area contributed by atoms with Crippen LogP contribution in [-0.2, 0) is 0 Å². The molecule has 3 unspecified atom stereocenters. The minimum Gasteiger partial charge on any atom is -0.314 e. The lowest BCUT2D eigenvalue weighted by molar-refractivity contribution is 0.193. The monoisotopic (exact) mass is 251 g/mol. The highest BCUT2D eigenvalue weighted by molar-refractivity contribution is 4.84. The Morgan fingerprint density at radius 3 is 2.50 bits per heavy atom. The van der Waals surface area contributed by atoms with Crippen molar-refractivity contribution in [2.45, 2.75) is 84.1 Å². The normalized spacial score (nSPS) is 34.0. The van der Waals surface area contributed by atoms with E-state index in [-0.39, 0.29) is 0 Å². The van der Waals surface area contributed by atoms with E-state index < -0.39 is 0 Å². The Morgan fingerprint density at radius 2 is 1.78 bits per heavy atom. The molecule has 18 heavy (non-hydrogen) atoms. The van der Waals surface area contributed by atoms with E-state index in [0.29, 0.717) is 0 Å². The summed E-state index contributed by atoms with van der Waals surface area (Å²) in [6.45, 7) is 5.96. The molecule has 2 aliphatic rings. The average molecular weight is 251 g/mol. The van der Waals surface area contributed by atoms with Crippen molar-refractivity contribution in [3.8, 4) is 0 Å². The second-order valence-corrected chi connectivity index (χ2v) is 6.97. The fraction of sp³-hybridized carbons (Fsp3) is 1.00. The van der Waals surface area contributed by atoms with Crippen molar-refractivity contribution >= 4 is 0 Å². The van der Waals surface area contributed by atoms with E-state index in [4.69, 9.17) is 0 Å². The van der Waals surface area contributed by atoms with Crippen molar-refractivity contribution in [3.63, 3.8) is 0 Å². The van der Waals surface area contributed by atoms with Gasteiger partial charge < -0.3 is 5.32 Å². The van der Waals surface area contributed by atoms with E-state index in [2.05, 4.69) is 19.2 Å². The molecule has 0 aromatic rings. The van der Waals surface area contributed by atoms with E-state index in [1.54, 1.807) is 0 Å². The first-order valence-corrected chi connectivity index (χ1v) is 8.53. The third-order valence-electron chi connectivity index (χ3n) is 5.32. The SMILES string of the molecule is CCCNC1CCC(C)CC1CCC1CCCC1. The van der Waals surface area contributed by atoms with Crippen LogP contribution in [-0.4, -0.2) is 12.6 Å². The first kappa shape index (κ1) is 14.4. The van der Waals surface area contributed by atoms with Crippen molar-refractivity contribution in [2.24, 2.45) is 17.8 Å². The summed E-state index contributed by atoms with van der Waals surface area (Å²) in [5.41, 5.74) is 0. The summed E-state index contributed by atoms with van der Waals surface area (Å²) in [5, 5.41) is 3.82. The zero-order chi connectivity index (χ0) is 12.8. The van der Waals surface area contributed by atoms with Crippen LogP contribution < -0.4 is 5.32 Å². The minimum absolute atomic E-state index is 0.836. The van der Waals surface area contributed by atoms with Crippen LogP contribution >= 0.6 is 0 Å². The summed E-state index contributed by atoms with van der Waals surface area (Å²) in [7, 11) is 0. The van der Waals surface area contributed by atoms with Crippen LogP contribution in [0.3, 0.4) is 0 Å². The molecule has 0 saturated heterocycles. The molecule has 2 aliphatic carbocycles. The maximum atomic E-state index is 3.82. The number of hydrogen-bond donors (Lipinski definition) is 1. The molecule has 1 heteroatoms. The maximum Gasteiger partial charge on any atom is 0.00955 e. The van der Waals surface area contributed by atoms with Crippen molar-refractivity contribution in [1.82, 2.24) is 5.32 Å². The molecule has 2 saturated carbocycles. The molecule has 0 aromatic heterocycles. The number of nitrogens with one attached hydrogen (secondary N) is 1. The van der Waals surface area contributed by atoms with Gasteiger partial charge in [-0.25, -0.2) is 0 Å². The molecule has 106 valence electrons. The molecule has 2 rings (SSSR count). The molecule has 0 radical (unpaired) electrons. The maximum absolute atomic E-state index is 3.82. The molecular formula is C17H33N. The highest BCUT2D eigenvalue weighted by Gasteiger charge is 2.28. The molecule has 1 N–H and O–H groups in total. The fourth-order valence-corrected chi connectivity index (χ4v) is 4.17. The van der Waals surface area contributed by atoms with Crippen LogP contribution in [0.5, 0.6) is 0 Å². The topological polar surface area (TPSA) is 12.0 Å². The predicted octanol–water partition coefficient (Wildman–Crippen LogP) is 4.76. The van der Waals surface area contributed by atoms with Gasteiger partial charge in [-0.05, 0) is 56.4 Å². The standard InChI is InChI=1S/C17H33N/c1-3-12-18-17-11-8-14(2)13-16(17)10-9-15-6-4-5-7-15/h14-18H,3-13H2,1-2H3. The zero-order valence-corrected chi connectivity index (χ0v) is 12.6. The first-order valence-electron chi connectivity index (χ1n) is 8.53. The molecule has 1 nitrogen and oxygen atoms in total. The van der Waals surface area contributed by atoms with Gasteiger partial charge in [0.25, 0.3) is 0 Å². The first-order chi connectivity index (χ1) is 8.79. The molecule has 0 aliphatic heterocycles. The van der Waals surface area contributed by atoms with Gasteiger partial charge in [-0.3, -0.25) is 0 Å². The minimum atomic E-state index is 0.836. The lowest BCUT2D eigenvalue weighted by Crippen LogP contribution is -2.40. The quantitative estimate of drug-likeness (QED) is 0.717. The summed E-state index contributed by atoms with van der Waals surface area (Å²) in [4.78, 5) is 0. The average Bonchev–Trinajstić information content (AvgIpc) is 2.88. The molecule has 3 atom stereocenters. The van der Waals surface area contributed by atoms with E-state index in [1.165, 1.54) is 70.8 Å². The highest BCUT2D eigenvalue weighted by atomic mass is 14.9. The molecule has 2 fully saturated rings. The highest BCUT2D eigenvalue weighted by Crippen LogP contribution is 2.36. The lowest BCUT2D eigenvalue weighted by atomic mass is 9.75. The van der Waals surface area contributed by atoms with Crippen LogP contribution in [0.15, 0.2) is 0 Å². The Hall–Kier alpha value is -0.0400. The van der Waals surface area contributed by atoms with E-state index >= 15 is 0 Å². The van der Waals surface area contributed by atoms with Gasteiger partial charge in [-0.15, -0.1) is 0 Å². The number of rotatable bonds is 6. The third-order valence-corrected chi connectivity index (χ3v) is 5.32. The molecule has 0 heterocycles. The van der Waals surface area contributed by atoms with Gasteiger partial charge in [-0.1, -0.05) is 46.0 Å². The van der Waals surface area contributed by atoms with E-state index in [1.807, 2.05) is 0 Å². The van der Waals surface area contributed by atoms with Crippen LogP contribution in [0, 0.1) is 17.8 Å². The fourth-order valence-electron chi connectivity index (χ4n) is 4.17. The Bertz CT molecular complexity index is 218. The Labute approximate surface area is 114 Å². The van der Waals surface area contributed by atoms with Crippen LogP contribution in [0.4, 0.5) is 0 Å². The van der Waals surface area contributed by atoms with Gasteiger partial charge in [0, 0.05) is 6.04 Å². The van der Waals surface area contributed by atoms with Gasteiger partial charge >= 0.3 is 0 Å². The molecule has 0 bridgehead atoms. The predicted molar refractivity (Wildman–Crippen MR) is 79.8 cm³/mol. The Morgan fingerprint density at radius 1 is 1.00 bits per heavy atom. The van der Waals surface area contributed by atoms with Crippen molar-refractivity contribution in [3.05, 3.63) is 0 Å². The largest absolute Gasteiger partial charge is 0.314 e. The van der Waals surface area contributed by atoms with Crippen LogP contribution in [0.2, 0.25) is 0 Å². The molecular weight excluding hydrogens is 218 g/mol. The second-order valence-electron chi connectivity index (χ2n) is 6.97. The van der Waals surface area contributed by atoms with Crippen molar-refractivity contribution in [1.29, 1.82) is 0 Å². The Kier molecular flexibility index (Phi) is 6.01. The summed E-state index contributed by atoms with van der Waals surface area (Å²) in [6.07, 6.45) is 14.7. The van der Waals surface area contributed by atoms with E-state index in [9.17, 15) is 0 Å². The molecule has 0 aromatic carbocycles. The zero-order valence-electron chi connectivity index (χ0n) is 12.6. The van der Waals surface area contributed by atoms with Gasteiger partial charge in [0.15, 0.2) is 0 Å². The smallest absolute Gasteiger partial charge is 0.00955 e. The van der Waals surface area contributed by atoms with Gasteiger partial charge in [0.05, 0.1) is 0 Å². The Balaban J connectivity index is 1.76. The van der Waals surface area contributed by atoms with Gasteiger partial charge in [0.1, 0.15) is 0 Å². The third kappa shape index (κ3) is 4.26. The molecule has 0 spiro atoms. The van der Waals surface area contributed by atoms with E-state index in [0.717, 1.165) is 23.8 Å². The van der Waals surface area contributed by atoms with Crippen LogP contribution in [0.1, 0.15) is 78.1 Å². The summed E-state index contributed by atoms with van der Waals surface area (Å²) in [6, 6.07) is 0.836. The number of hydrogen-bond acceptors (Lipinski definition) is 1. The van der Waals surface area contributed by atoms with Crippen molar-refractivity contribution < 1.29 is 0 Å². The summed E-state index contributed by atoms with van der Waals surface area (Å²) >= 11 is 0. The van der Waals surface area contributed by atoms with Gasteiger partial charge in [-0.2, -0.15) is 0 Å². The van der Waals surface area contributed by atoms with Gasteiger partial charge in [0.2, 0.25) is 0 Å². The second kappa shape index (κ2) is 7.53. The van der Waals surface area contributed by atoms with Crippen LogP contribution in [0.25, 0.3) is 0 Å². The lowest BCUT2D eigenvalue weighted by Gasteiger charge is -2.36. The summed E-state index contributed by atoms with van der Waals surface area (Å²) < 4.78 is 0.